The number of nitrogens with one attached hydrogen (secondary N) is 1. The number of aryl methyl sites for hydroxylation is 1. The van der Waals surface area contributed by atoms with Crippen LogP contribution in [0.5, 0.6) is 0 Å². The second kappa shape index (κ2) is 8.58. The Balaban J connectivity index is 1.74. The molecule has 3 rings (SSSR count). The first-order valence-electron chi connectivity index (χ1n) is 8.56. The van der Waals surface area contributed by atoms with Gasteiger partial charge in [-0.25, -0.2) is 4.98 Å². The third kappa shape index (κ3) is 5.00. The molecule has 1 N–H and O–H groups in total. The lowest BCUT2D eigenvalue weighted by Crippen LogP contribution is -2.31. The number of nitrogens with zero attached hydrogens (tertiary/aromatic N) is 1. The standard InChI is InChI=1S/C21H22N2OS/c1-2-18-15-25-21(22-18)19(13-16-9-5-3-6-10-16)23-20(24)14-17-11-7-4-8-12-17/h3-12,15,19H,2,13-14H2,1H3,(H,23,24)/t19-/m0/s1. The first-order valence-corrected chi connectivity index (χ1v) is 9.44. The van der Waals surface area contributed by atoms with E-state index in [4.69, 9.17) is 0 Å². The normalized spacial score (nSPS) is 11.9. The minimum atomic E-state index is -0.0936. The summed E-state index contributed by atoms with van der Waals surface area (Å²) in [6.45, 7) is 2.10. The summed E-state index contributed by atoms with van der Waals surface area (Å²) in [4.78, 5) is 17.2. The molecule has 0 radical (unpaired) electrons. The predicted molar refractivity (Wildman–Crippen MR) is 103 cm³/mol. The Morgan fingerprint density at radius 3 is 2.28 bits per heavy atom. The fourth-order valence-electron chi connectivity index (χ4n) is 2.72. The van der Waals surface area contributed by atoms with Gasteiger partial charge in [-0.05, 0) is 24.0 Å². The Labute approximate surface area is 152 Å². The highest BCUT2D eigenvalue weighted by Gasteiger charge is 2.19. The van der Waals surface area contributed by atoms with E-state index in [1.807, 2.05) is 48.5 Å². The minimum absolute atomic E-state index is 0.0281. The molecule has 0 unspecified atom stereocenters. The third-order valence-corrected chi connectivity index (χ3v) is 5.06. The van der Waals surface area contributed by atoms with E-state index in [2.05, 4.69) is 34.7 Å². The second-order valence-corrected chi connectivity index (χ2v) is 6.89. The van der Waals surface area contributed by atoms with Crippen LogP contribution in [0.2, 0.25) is 0 Å². The molecule has 0 bridgehead atoms. The number of hydrogen-bond acceptors (Lipinski definition) is 3. The van der Waals surface area contributed by atoms with Crippen molar-refractivity contribution in [2.24, 2.45) is 0 Å². The molecule has 0 aliphatic carbocycles. The molecule has 0 spiro atoms. The van der Waals surface area contributed by atoms with Gasteiger partial charge >= 0.3 is 0 Å². The summed E-state index contributed by atoms with van der Waals surface area (Å²) in [6.07, 6.45) is 2.04. The van der Waals surface area contributed by atoms with Crippen LogP contribution in [0.1, 0.15) is 34.8 Å². The molecule has 1 aromatic heterocycles. The second-order valence-electron chi connectivity index (χ2n) is 6.00. The van der Waals surface area contributed by atoms with Crippen molar-refractivity contribution in [1.82, 2.24) is 10.3 Å². The number of aromatic nitrogens is 1. The third-order valence-electron chi connectivity index (χ3n) is 4.06. The van der Waals surface area contributed by atoms with Crippen molar-refractivity contribution in [2.75, 3.05) is 0 Å². The predicted octanol–water partition coefficient (Wildman–Crippen LogP) is 4.35. The molecule has 1 heterocycles. The fourth-order valence-corrected chi connectivity index (χ4v) is 3.67. The van der Waals surface area contributed by atoms with Crippen molar-refractivity contribution in [3.63, 3.8) is 0 Å². The zero-order chi connectivity index (χ0) is 17.5. The van der Waals surface area contributed by atoms with Crippen molar-refractivity contribution >= 4 is 17.2 Å². The van der Waals surface area contributed by atoms with E-state index in [0.717, 1.165) is 29.1 Å². The van der Waals surface area contributed by atoms with Gasteiger partial charge in [-0.15, -0.1) is 11.3 Å². The van der Waals surface area contributed by atoms with Gasteiger partial charge in [-0.2, -0.15) is 0 Å². The zero-order valence-electron chi connectivity index (χ0n) is 14.3. The van der Waals surface area contributed by atoms with Crippen molar-refractivity contribution in [3.05, 3.63) is 87.9 Å². The molecule has 25 heavy (non-hydrogen) atoms. The van der Waals surface area contributed by atoms with Crippen molar-refractivity contribution < 1.29 is 4.79 Å². The number of thiazole rings is 1. The van der Waals surface area contributed by atoms with Crippen molar-refractivity contribution in [1.29, 1.82) is 0 Å². The summed E-state index contributed by atoms with van der Waals surface area (Å²) in [7, 11) is 0. The average Bonchev–Trinajstić information content (AvgIpc) is 3.12. The maximum atomic E-state index is 12.5. The van der Waals surface area contributed by atoms with Crippen LogP contribution in [0.3, 0.4) is 0 Å². The van der Waals surface area contributed by atoms with Crippen LogP contribution < -0.4 is 5.32 Å². The smallest absolute Gasteiger partial charge is 0.224 e. The molecule has 2 aromatic carbocycles. The van der Waals surface area contributed by atoms with Gasteiger partial charge in [0.1, 0.15) is 5.01 Å². The van der Waals surface area contributed by atoms with E-state index in [1.54, 1.807) is 11.3 Å². The molecule has 3 aromatic rings. The van der Waals surface area contributed by atoms with Crippen LogP contribution in [-0.2, 0) is 24.1 Å². The molecule has 1 atom stereocenters. The van der Waals surface area contributed by atoms with Crippen molar-refractivity contribution in [2.45, 2.75) is 32.2 Å². The summed E-state index contributed by atoms with van der Waals surface area (Å²) in [5.74, 6) is 0.0281. The molecule has 0 fully saturated rings. The SMILES string of the molecule is CCc1csc([C@H](Cc2ccccc2)NC(=O)Cc2ccccc2)n1. The van der Waals surface area contributed by atoms with Gasteiger partial charge in [0.15, 0.2) is 0 Å². The van der Waals surface area contributed by atoms with E-state index in [1.165, 1.54) is 5.56 Å². The van der Waals surface area contributed by atoms with Crippen LogP contribution in [0, 0.1) is 0 Å². The Morgan fingerprint density at radius 1 is 1.04 bits per heavy atom. The topological polar surface area (TPSA) is 42.0 Å². The van der Waals surface area contributed by atoms with Gasteiger partial charge in [-0.1, -0.05) is 67.6 Å². The zero-order valence-corrected chi connectivity index (χ0v) is 15.1. The van der Waals surface area contributed by atoms with Gasteiger partial charge in [0, 0.05) is 5.38 Å². The Hall–Kier alpha value is -2.46. The number of carbonyl (C=O) groups is 1. The van der Waals surface area contributed by atoms with Crippen LogP contribution in [0.15, 0.2) is 66.0 Å². The number of benzene rings is 2. The molecule has 4 heteroatoms. The Kier molecular flexibility index (Phi) is 5.96. The minimum Gasteiger partial charge on any atom is -0.346 e. The molecule has 0 saturated heterocycles. The van der Waals surface area contributed by atoms with E-state index >= 15 is 0 Å². The monoisotopic (exact) mass is 350 g/mol. The summed E-state index contributed by atoms with van der Waals surface area (Å²) in [5, 5.41) is 6.23. The molecule has 128 valence electrons. The molecule has 1 amide bonds. The summed E-state index contributed by atoms with van der Waals surface area (Å²) in [5.41, 5.74) is 3.29. The number of carbonyl (C=O) groups excluding carboxylic acids is 1. The van der Waals surface area contributed by atoms with E-state index in [-0.39, 0.29) is 11.9 Å². The summed E-state index contributed by atoms with van der Waals surface area (Å²) >= 11 is 1.62. The molecule has 0 aliphatic rings. The maximum Gasteiger partial charge on any atom is 0.224 e. The Morgan fingerprint density at radius 2 is 1.68 bits per heavy atom. The molecule has 3 nitrogen and oxygen atoms in total. The van der Waals surface area contributed by atoms with E-state index < -0.39 is 0 Å². The number of hydrogen-bond donors (Lipinski definition) is 1. The molecule has 0 saturated carbocycles. The van der Waals surface area contributed by atoms with E-state index in [0.29, 0.717) is 6.42 Å². The van der Waals surface area contributed by atoms with Gasteiger partial charge in [-0.3, -0.25) is 4.79 Å². The summed E-state index contributed by atoms with van der Waals surface area (Å²) < 4.78 is 0. The highest BCUT2D eigenvalue weighted by Crippen LogP contribution is 2.23. The largest absolute Gasteiger partial charge is 0.346 e. The first kappa shape index (κ1) is 17.4. The van der Waals surface area contributed by atoms with Crippen molar-refractivity contribution in [3.8, 4) is 0 Å². The lowest BCUT2D eigenvalue weighted by atomic mass is 10.1. The lowest BCUT2D eigenvalue weighted by Gasteiger charge is -2.17. The average molecular weight is 350 g/mol. The van der Waals surface area contributed by atoms with Crippen LogP contribution >= 0.6 is 11.3 Å². The highest BCUT2D eigenvalue weighted by atomic mass is 32.1. The fraction of sp³-hybridized carbons (Fsp3) is 0.238. The van der Waals surface area contributed by atoms with Crippen LogP contribution in [0.4, 0.5) is 0 Å². The first-order chi connectivity index (χ1) is 12.2. The molecular formula is C21H22N2OS. The van der Waals surface area contributed by atoms with Gasteiger partial charge in [0.25, 0.3) is 0 Å². The van der Waals surface area contributed by atoms with E-state index in [9.17, 15) is 4.79 Å². The maximum absolute atomic E-state index is 12.5. The quantitative estimate of drug-likeness (QED) is 0.688. The van der Waals surface area contributed by atoms with Gasteiger partial charge < -0.3 is 5.32 Å². The van der Waals surface area contributed by atoms with Gasteiger partial charge in [0.2, 0.25) is 5.91 Å². The number of amides is 1. The van der Waals surface area contributed by atoms with Crippen LogP contribution in [-0.4, -0.2) is 10.9 Å². The molecule has 0 aliphatic heterocycles. The van der Waals surface area contributed by atoms with Gasteiger partial charge in [0.05, 0.1) is 18.2 Å². The van der Waals surface area contributed by atoms with Crippen LogP contribution in [0.25, 0.3) is 0 Å². The Bertz CT molecular complexity index is 799. The number of rotatable bonds is 7. The highest BCUT2D eigenvalue weighted by molar-refractivity contribution is 7.09. The lowest BCUT2D eigenvalue weighted by molar-refractivity contribution is -0.121. The summed E-state index contributed by atoms with van der Waals surface area (Å²) in [6, 6.07) is 20.0. The molecular weight excluding hydrogens is 328 g/mol.